The molecule has 0 saturated heterocycles. The summed E-state index contributed by atoms with van der Waals surface area (Å²) < 4.78 is 10.4. The van der Waals surface area contributed by atoms with E-state index in [1.54, 1.807) is 40.3 Å². The lowest BCUT2D eigenvalue weighted by Gasteiger charge is -2.12. The first kappa shape index (κ1) is 21.6. The van der Waals surface area contributed by atoms with E-state index < -0.39 is 5.97 Å². The molecule has 0 saturated carbocycles. The van der Waals surface area contributed by atoms with Crippen LogP contribution in [0.4, 0.5) is 5.00 Å². The second-order valence-corrected chi connectivity index (χ2v) is 7.64. The minimum Gasteiger partial charge on any atom is -0.463 e. The van der Waals surface area contributed by atoms with Gasteiger partial charge in [-0.3, -0.25) is 9.59 Å². The van der Waals surface area contributed by atoms with Crippen molar-refractivity contribution in [3.8, 4) is 0 Å². The molecular formula is C19H26N3O5S+. The van der Waals surface area contributed by atoms with Gasteiger partial charge in [-0.15, -0.1) is 11.3 Å². The highest BCUT2D eigenvalue weighted by molar-refractivity contribution is 7.18. The zero-order valence-electron chi connectivity index (χ0n) is 16.8. The predicted octanol–water partition coefficient (Wildman–Crippen LogP) is 1.18. The highest BCUT2D eigenvalue weighted by Gasteiger charge is 2.27. The molecular weight excluding hydrogens is 382 g/mol. The fourth-order valence-corrected chi connectivity index (χ4v) is 3.91. The molecule has 0 spiro atoms. The Hall–Kier alpha value is -2.65. The zero-order valence-corrected chi connectivity index (χ0v) is 17.6. The summed E-state index contributed by atoms with van der Waals surface area (Å²) in [5, 5.41) is 3.10. The van der Waals surface area contributed by atoms with E-state index in [-0.39, 0.29) is 30.5 Å². The highest BCUT2D eigenvalue weighted by Crippen LogP contribution is 2.34. The number of rotatable bonds is 8. The lowest BCUT2D eigenvalue weighted by atomic mass is 10.1. The van der Waals surface area contributed by atoms with Gasteiger partial charge in [0.1, 0.15) is 11.5 Å². The van der Waals surface area contributed by atoms with Crippen LogP contribution in [0.25, 0.3) is 0 Å². The summed E-state index contributed by atoms with van der Waals surface area (Å²) in [4.78, 5) is 40.1. The smallest absolute Gasteiger partial charge is 0.341 e. The number of nitrogens with zero attached hydrogens (tertiary/aromatic N) is 1. The number of nitrogens with one attached hydrogen (secondary N) is 2. The number of thiophene rings is 1. The zero-order chi connectivity index (χ0) is 20.8. The Morgan fingerprint density at radius 2 is 2.04 bits per heavy atom. The first-order chi connectivity index (χ1) is 13.2. The van der Waals surface area contributed by atoms with Crippen LogP contribution in [0, 0.1) is 6.92 Å². The molecule has 2 heterocycles. The van der Waals surface area contributed by atoms with Gasteiger partial charge in [0.15, 0.2) is 12.3 Å². The van der Waals surface area contributed by atoms with Gasteiger partial charge in [0.05, 0.1) is 30.4 Å². The molecule has 0 bridgehead atoms. The number of hydrogen-bond acceptors (Lipinski definition) is 6. The van der Waals surface area contributed by atoms with Gasteiger partial charge < -0.3 is 24.3 Å². The van der Waals surface area contributed by atoms with Gasteiger partial charge in [0.25, 0.3) is 11.8 Å². The summed E-state index contributed by atoms with van der Waals surface area (Å²) in [5.41, 5.74) is 0.739. The number of anilines is 1. The third-order valence-corrected chi connectivity index (χ3v) is 5.19. The maximum Gasteiger partial charge on any atom is 0.341 e. The summed E-state index contributed by atoms with van der Waals surface area (Å²) in [6.07, 6.45) is 1.59. The molecule has 2 amide bonds. The predicted molar refractivity (Wildman–Crippen MR) is 106 cm³/mol. The molecule has 9 heteroatoms. The van der Waals surface area contributed by atoms with Crippen molar-refractivity contribution in [2.45, 2.75) is 20.4 Å². The number of carbonyl (C=O) groups excluding carboxylic acids is 3. The van der Waals surface area contributed by atoms with E-state index in [1.165, 1.54) is 4.90 Å². The summed E-state index contributed by atoms with van der Waals surface area (Å²) in [7, 11) is 5.14. The van der Waals surface area contributed by atoms with Crippen molar-refractivity contribution in [1.29, 1.82) is 0 Å². The normalized spacial score (nSPS) is 11.8. The molecule has 0 aliphatic carbocycles. The Morgan fingerprint density at radius 1 is 1.32 bits per heavy atom. The third-order valence-electron chi connectivity index (χ3n) is 4.00. The number of carbonyl (C=O) groups is 3. The first-order valence-electron chi connectivity index (χ1n) is 8.90. The van der Waals surface area contributed by atoms with Crippen molar-refractivity contribution in [1.82, 2.24) is 4.90 Å². The Balaban J connectivity index is 2.20. The number of quaternary nitrogens is 1. The highest BCUT2D eigenvalue weighted by atomic mass is 32.1. The molecule has 2 rings (SSSR count). The second kappa shape index (κ2) is 9.52. The average molecular weight is 409 g/mol. The SMILES string of the molecule is CCOC(=O)c1c(NC(=O)C[NH+](C)Cc2ccco2)sc(C(=O)N(C)C)c1C. The largest absolute Gasteiger partial charge is 0.463 e. The molecule has 0 aliphatic rings. The van der Waals surface area contributed by atoms with E-state index >= 15 is 0 Å². The van der Waals surface area contributed by atoms with Gasteiger partial charge in [-0.2, -0.15) is 0 Å². The maximum absolute atomic E-state index is 12.5. The molecule has 0 radical (unpaired) electrons. The van der Waals surface area contributed by atoms with Crippen LogP contribution >= 0.6 is 11.3 Å². The molecule has 2 aromatic heterocycles. The number of amides is 2. The Kier molecular flexibility index (Phi) is 7.36. The fraction of sp³-hybridized carbons (Fsp3) is 0.421. The van der Waals surface area contributed by atoms with Crippen molar-refractivity contribution in [3.05, 3.63) is 40.2 Å². The molecule has 152 valence electrons. The van der Waals surface area contributed by atoms with Crippen LogP contribution in [0.15, 0.2) is 22.8 Å². The molecule has 1 atom stereocenters. The molecule has 28 heavy (non-hydrogen) atoms. The lowest BCUT2D eigenvalue weighted by molar-refractivity contribution is -0.886. The van der Waals surface area contributed by atoms with Crippen LogP contribution in [-0.2, 0) is 16.1 Å². The molecule has 8 nitrogen and oxygen atoms in total. The number of ether oxygens (including phenoxy) is 1. The van der Waals surface area contributed by atoms with E-state index in [4.69, 9.17) is 9.15 Å². The van der Waals surface area contributed by atoms with E-state index in [2.05, 4.69) is 5.32 Å². The van der Waals surface area contributed by atoms with Crippen LogP contribution in [0.3, 0.4) is 0 Å². The molecule has 2 aromatic rings. The Morgan fingerprint density at radius 3 is 2.61 bits per heavy atom. The van der Waals surface area contributed by atoms with Gasteiger partial charge in [0, 0.05) is 14.1 Å². The molecule has 0 fully saturated rings. The van der Waals surface area contributed by atoms with Crippen molar-refractivity contribution >= 4 is 34.1 Å². The topological polar surface area (TPSA) is 93.3 Å². The van der Waals surface area contributed by atoms with E-state index in [9.17, 15) is 14.4 Å². The fourth-order valence-electron chi connectivity index (χ4n) is 2.68. The third kappa shape index (κ3) is 5.20. The minimum absolute atomic E-state index is 0.177. The van der Waals surface area contributed by atoms with Crippen molar-refractivity contribution in [3.63, 3.8) is 0 Å². The van der Waals surface area contributed by atoms with E-state index in [0.29, 0.717) is 22.0 Å². The summed E-state index contributed by atoms with van der Waals surface area (Å²) >= 11 is 1.09. The molecule has 2 N–H and O–H groups in total. The van der Waals surface area contributed by atoms with E-state index in [0.717, 1.165) is 22.0 Å². The lowest BCUT2D eigenvalue weighted by Crippen LogP contribution is -3.08. The van der Waals surface area contributed by atoms with Crippen LogP contribution in [-0.4, -0.2) is 57.0 Å². The summed E-state index contributed by atoms with van der Waals surface area (Å²) in [5.74, 6) is -0.266. The first-order valence-corrected chi connectivity index (χ1v) is 9.71. The van der Waals surface area contributed by atoms with Crippen molar-refractivity contribution in [2.24, 2.45) is 0 Å². The minimum atomic E-state index is -0.555. The second-order valence-electron chi connectivity index (χ2n) is 6.62. The quantitative estimate of drug-likeness (QED) is 0.640. The van der Waals surface area contributed by atoms with Crippen molar-refractivity contribution in [2.75, 3.05) is 39.6 Å². The van der Waals surface area contributed by atoms with Crippen LogP contribution in [0.1, 0.15) is 38.3 Å². The number of hydrogen-bond donors (Lipinski definition) is 2. The standard InChI is InChI=1S/C19H25N3O5S/c1-6-26-19(25)15-12(2)16(18(24)21(3)4)28-17(15)20-14(23)11-22(5)10-13-8-7-9-27-13/h7-9H,6,10-11H2,1-5H3,(H,20,23)/p+1. The van der Waals surface area contributed by atoms with Gasteiger partial charge in [-0.1, -0.05) is 0 Å². The van der Waals surface area contributed by atoms with Gasteiger partial charge in [0.2, 0.25) is 0 Å². The summed E-state index contributed by atoms with van der Waals surface area (Å²) in [6.45, 7) is 4.32. The monoisotopic (exact) mass is 408 g/mol. The number of furan rings is 1. The van der Waals surface area contributed by atoms with Crippen LogP contribution in [0.5, 0.6) is 0 Å². The molecule has 0 aromatic carbocycles. The van der Waals surface area contributed by atoms with Crippen LogP contribution in [0.2, 0.25) is 0 Å². The van der Waals surface area contributed by atoms with Gasteiger partial charge >= 0.3 is 5.97 Å². The van der Waals surface area contributed by atoms with Crippen molar-refractivity contribution < 1.29 is 28.4 Å². The Labute approximate surface area is 168 Å². The maximum atomic E-state index is 12.5. The number of likely N-dealkylation sites (N-methyl/N-ethyl adjacent to an activating group) is 1. The molecule has 0 aliphatic heterocycles. The molecule has 1 unspecified atom stereocenters. The van der Waals surface area contributed by atoms with Gasteiger partial charge in [-0.25, -0.2) is 4.79 Å². The van der Waals surface area contributed by atoms with E-state index in [1.807, 2.05) is 13.1 Å². The average Bonchev–Trinajstić information content (AvgIpc) is 3.21. The van der Waals surface area contributed by atoms with Gasteiger partial charge in [-0.05, 0) is 31.5 Å². The van der Waals surface area contributed by atoms with Crippen LogP contribution < -0.4 is 10.2 Å². The summed E-state index contributed by atoms with van der Waals surface area (Å²) in [6, 6.07) is 3.65. The Bertz CT molecular complexity index is 842. The number of esters is 1.